The molecule has 9 nitrogen and oxygen atoms in total. The Bertz CT molecular complexity index is 556. The Kier molecular flexibility index (Phi) is 4.49. The van der Waals surface area contributed by atoms with E-state index < -0.39 is 12.3 Å². The van der Waals surface area contributed by atoms with Crippen LogP contribution in [0, 0.1) is 10.1 Å². The Labute approximate surface area is 133 Å². The summed E-state index contributed by atoms with van der Waals surface area (Å²) in [4.78, 5) is 23.5. The number of piperazine rings is 1. The number of hydrogen-bond acceptors (Lipinski definition) is 5. The number of amides is 1. The fourth-order valence-corrected chi connectivity index (χ4v) is 3.42. The van der Waals surface area contributed by atoms with Crippen LogP contribution in [0.4, 0.5) is 4.79 Å². The highest BCUT2D eigenvalue weighted by molar-refractivity contribution is 5.65. The lowest BCUT2D eigenvalue weighted by molar-refractivity contribution is -0.568. The maximum Gasteiger partial charge on any atom is 0.407 e. The van der Waals surface area contributed by atoms with Crippen molar-refractivity contribution in [2.24, 2.45) is 0 Å². The number of hydrazine groups is 1. The number of aromatic nitrogens is 1. The SMILES string of the molecule is O=C(O)N1CCN(N2CC(n3cccc3)CCC2[N+](=O)[O-])CC1. The number of carboxylic acid groups (broad SMARTS) is 1. The Balaban J connectivity index is 1.70. The van der Waals surface area contributed by atoms with Crippen LogP contribution in [0.5, 0.6) is 0 Å². The van der Waals surface area contributed by atoms with Gasteiger partial charge in [-0.3, -0.25) is 10.1 Å². The van der Waals surface area contributed by atoms with Crippen molar-refractivity contribution in [1.29, 1.82) is 0 Å². The second-order valence-corrected chi connectivity index (χ2v) is 5.97. The lowest BCUT2D eigenvalue weighted by Gasteiger charge is -2.44. The highest BCUT2D eigenvalue weighted by atomic mass is 16.6. The van der Waals surface area contributed by atoms with E-state index in [0.717, 1.165) is 6.42 Å². The summed E-state index contributed by atoms with van der Waals surface area (Å²) in [6.45, 7) is 2.33. The van der Waals surface area contributed by atoms with Gasteiger partial charge in [0, 0.05) is 62.5 Å². The lowest BCUT2D eigenvalue weighted by Crippen LogP contribution is -2.61. The minimum atomic E-state index is -0.931. The molecule has 23 heavy (non-hydrogen) atoms. The normalized spacial score (nSPS) is 27.0. The summed E-state index contributed by atoms with van der Waals surface area (Å²) in [6.07, 6.45) is 3.58. The molecule has 2 aliphatic rings. The molecular weight excluding hydrogens is 302 g/mol. The Hall–Kier alpha value is -2.13. The molecule has 2 fully saturated rings. The number of nitrogens with zero attached hydrogens (tertiary/aromatic N) is 5. The average molecular weight is 323 g/mol. The quantitative estimate of drug-likeness (QED) is 0.657. The molecule has 9 heteroatoms. The largest absolute Gasteiger partial charge is 0.465 e. The van der Waals surface area contributed by atoms with Gasteiger partial charge in [0.1, 0.15) is 0 Å². The van der Waals surface area contributed by atoms with Crippen LogP contribution in [0.3, 0.4) is 0 Å². The Morgan fingerprint density at radius 1 is 1.13 bits per heavy atom. The van der Waals surface area contributed by atoms with Gasteiger partial charge < -0.3 is 14.6 Å². The first kappa shape index (κ1) is 15.8. The molecule has 0 saturated carbocycles. The van der Waals surface area contributed by atoms with Gasteiger partial charge in [0.15, 0.2) is 0 Å². The first-order valence-electron chi connectivity index (χ1n) is 7.81. The number of nitro groups is 1. The van der Waals surface area contributed by atoms with Crippen molar-refractivity contribution in [3.05, 3.63) is 34.6 Å². The van der Waals surface area contributed by atoms with Crippen LogP contribution < -0.4 is 0 Å². The number of hydrogen-bond donors (Lipinski definition) is 1. The second kappa shape index (κ2) is 6.55. The summed E-state index contributed by atoms with van der Waals surface area (Å²) < 4.78 is 2.09. The predicted molar refractivity (Wildman–Crippen MR) is 81.4 cm³/mol. The smallest absolute Gasteiger partial charge is 0.407 e. The zero-order valence-electron chi connectivity index (χ0n) is 12.8. The van der Waals surface area contributed by atoms with Crippen molar-refractivity contribution in [3.8, 4) is 0 Å². The summed E-state index contributed by atoms with van der Waals surface area (Å²) in [7, 11) is 0. The topological polar surface area (TPSA) is 95.1 Å². The van der Waals surface area contributed by atoms with Gasteiger partial charge in [-0.25, -0.2) is 9.80 Å². The van der Waals surface area contributed by atoms with Crippen molar-refractivity contribution in [3.63, 3.8) is 0 Å². The molecule has 1 amide bonds. The molecule has 0 bridgehead atoms. The van der Waals surface area contributed by atoms with Crippen molar-refractivity contribution in [2.45, 2.75) is 25.0 Å². The summed E-state index contributed by atoms with van der Waals surface area (Å²) in [6, 6.07) is 4.11. The van der Waals surface area contributed by atoms with E-state index >= 15 is 0 Å². The average Bonchev–Trinajstić information content (AvgIpc) is 3.08. The summed E-state index contributed by atoms with van der Waals surface area (Å²) in [5, 5.41) is 24.2. The minimum absolute atomic E-state index is 0.207. The van der Waals surface area contributed by atoms with Crippen LogP contribution in [-0.2, 0) is 0 Å². The van der Waals surface area contributed by atoms with Gasteiger partial charge in [-0.1, -0.05) is 0 Å². The zero-order chi connectivity index (χ0) is 16.4. The molecule has 0 radical (unpaired) electrons. The van der Waals surface area contributed by atoms with Gasteiger partial charge in [0.2, 0.25) is 0 Å². The zero-order valence-corrected chi connectivity index (χ0v) is 12.8. The van der Waals surface area contributed by atoms with Crippen LogP contribution in [0.2, 0.25) is 0 Å². The standard InChI is InChI=1S/C14H21N5O4/c20-14(21)16-7-9-17(10-8-16)18-11-12(15-5-1-2-6-15)3-4-13(18)19(22)23/h1-2,5-6,12-13H,3-4,7-11H2,(H,20,21). The first-order valence-corrected chi connectivity index (χ1v) is 7.81. The van der Waals surface area contributed by atoms with Crippen LogP contribution in [0.15, 0.2) is 24.5 Å². The van der Waals surface area contributed by atoms with Gasteiger partial charge in [-0.15, -0.1) is 0 Å². The van der Waals surface area contributed by atoms with Gasteiger partial charge >= 0.3 is 6.09 Å². The van der Waals surface area contributed by atoms with E-state index in [-0.39, 0.29) is 11.0 Å². The molecule has 0 spiro atoms. The molecule has 0 aliphatic carbocycles. The van der Waals surface area contributed by atoms with Crippen molar-refractivity contribution < 1.29 is 14.8 Å². The molecule has 1 N–H and O–H groups in total. The van der Waals surface area contributed by atoms with Gasteiger partial charge in [-0.2, -0.15) is 5.01 Å². The summed E-state index contributed by atoms with van der Waals surface area (Å²) in [5.41, 5.74) is 0. The molecule has 2 unspecified atom stereocenters. The Morgan fingerprint density at radius 3 is 2.35 bits per heavy atom. The third-order valence-corrected chi connectivity index (χ3v) is 4.68. The molecule has 2 atom stereocenters. The third-order valence-electron chi connectivity index (χ3n) is 4.68. The molecule has 1 aromatic rings. The van der Waals surface area contributed by atoms with Gasteiger partial charge in [-0.05, 0) is 18.6 Å². The third kappa shape index (κ3) is 3.30. The van der Waals surface area contributed by atoms with Crippen LogP contribution >= 0.6 is 0 Å². The van der Waals surface area contributed by atoms with E-state index in [0.29, 0.717) is 39.1 Å². The highest BCUT2D eigenvalue weighted by Gasteiger charge is 2.40. The maximum absolute atomic E-state index is 11.4. The molecule has 3 rings (SSSR count). The fourth-order valence-electron chi connectivity index (χ4n) is 3.42. The minimum Gasteiger partial charge on any atom is -0.465 e. The van der Waals surface area contributed by atoms with E-state index in [9.17, 15) is 14.9 Å². The first-order chi connectivity index (χ1) is 11.1. The van der Waals surface area contributed by atoms with Crippen molar-refractivity contribution in [2.75, 3.05) is 32.7 Å². The summed E-state index contributed by atoms with van der Waals surface area (Å²) >= 11 is 0. The number of carbonyl (C=O) groups is 1. The Morgan fingerprint density at radius 2 is 1.78 bits per heavy atom. The van der Waals surface area contributed by atoms with Crippen molar-refractivity contribution in [1.82, 2.24) is 19.5 Å². The maximum atomic E-state index is 11.4. The van der Waals surface area contributed by atoms with E-state index in [1.54, 1.807) is 0 Å². The summed E-state index contributed by atoms with van der Waals surface area (Å²) in [5.74, 6) is 0. The van der Waals surface area contributed by atoms with E-state index in [4.69, 9.17) is 5.11 Å². The van der Waals surface area contributed by atoms with Gasteiger partial charge in [0.05, 0.1) is 0 Å². The predicted octanol–water partition coefficient (Wildman–Crippen LogP) is 0.938. The van der Waals surface area contributed by atoms with Crippen LogP contribution in [0.1, 0.15) is 18.9 Å². The second-order valence-electron chi connectivity index (χ2n) is 5.97. The molecule has 3 heterocycles. The number of piperidine rings is 1. The molecule has 126 valence electrons. The van der Waals surface area contributed by atoms with Gasteiger partial charge in [0.25, 0.3) is 6.17 Å². The van der Waals surface area contributed by atoms with E-state index in [1.807, 2.05) is 34.5 Å². The monoisotopic (exact) mass is 323 g/mol. The van der Waals surface area contributed by atoms with Crippen molar-refractivity contribution >= 4 is 6.09 Å². The molecule has 0 aromatic carbocycles. The highest BCUT2D eigenvalue weighted by Crippen LogP contribution is 2.28. The molecule has 2 aliphatic heterocycles. The fraction of sp³-hybridized carbons (Fsp3) is 0.643. The van der Waals surface area contributed by atoms with Crippen LogP contribution in [-0.4, -0.2) is 74.5 Å². The van der Waals surface area contributed by atoms with E-state index in [2.05, 4.69) is 4.57 Å². The van der Waals surface area contributed by atoms with E-state index in [1.165, 1.54) is 4.90 Å². The lowest BCUT2D eigenvalue weighted by atomic mass is 10.0. The molecule has 1 aromatic heterocycles. The number of rotatable bonds is 3. The molecule has 2 saturated heterocycles. The molecular formula is C14H21N5O4. The van der Waals surface area contributed by atoms with Crippen LogP contribution in [0.25, 0.3) is 0 Å².